The van der Waals surface area contributed by atoms with E-state index in [1.807, 2.05) is 60.7 Å². The molecule has 30 heavy (non-hydrogen) atoms. The van der Waals surface area contributed by atoms with Crippen LogP contribution in [0.4, 0.5) is 0 Å². The van der Waals surface area contributed by atoms with E-state index >= 15 is 0 Å². The van der Waals surface area contributed by atoms with Gasteiger partial charge in [0.25, 0.3) is 0 Å². The molecule has 0 saturated heterocycles. The minimum atomic E-state index is -3.82. The molecule has 1 atom stereocenters. The van der Waals surface area contributed by atoms with Gasteiger partial charge in [0.2, 0.25) is 15.9 Å². The average Bonchev–Trinajstić information content (AvgIpc) is 2.74. The fourth-order valence-electron chi connectivity index (χ4n) is 3.06. The van der Waals surface area contributed by atoms with Crippen LogP contribution in [0.1, 0.15) is 18.1 Å². The summed E-state index contributed by atoms with van der Waals surface area (Å²) in [5, 5.41) is 0. The first-order valence-corrected chi connectivity index (χ1v) is 11.8. The summed E-state index contributed by atoms with van der Waals surface area (Å²) >= 11 is 3.29. The zero-order valence-corrected chi connectivity index (χ0v) is 18.9. The topological polar surface area (TPSA) is 66.5 Å². The van der Waals surface area contributed by atoms with Crippen LogP contribution < -0.4 is 4.72 Å². The van der Waals surface area contributed by atoms with E-state index in [9.17, 15) is 13.2 Å². The van der Waals surface area contributed by atoms with Gasteiger partial charge >= 0.3 is 0 Å². The molecule has 3 rings (SSSR count). The van der Waals surface area contributed by atoms with E-state index in [0.717, 1.165) is 15.6 Å². The number of amides is 1. The van der Waals surface area contributed by atoms with Gasteiger partial charge < -0.3 is 4.90 Å². The third-order valence-corrected chi connectivity index (χ3v) is 6.66. The Balaban J connectivity index is 1.79. The van der Waals surface area contributed by atoms with E-state index in [-0.39, 0.29) is 10.8 Å². The molecule has 1 amide bonds. The normalized spacial score (nSPS) is 12.3. The highest BCUT2D eigenvalue weighted by Crippen LogP contribution is 2.16. The Kier molecular flexibility index (Phi) is 7.42. The first kappa shape index (κ1) is 22.2. The van der Waals surface area contributed by atoms with Gasteiger partial charge in [0.15, 0.2) is 0 Å². The van der Waals surface area contributed by atoms with Gasteiger partial charge in [0, 0.05) is 17.6 Å². The van der Waals surface area contributed by atoms with Crippen LogP contribution in [0.3, 0.4) is 0 Å². The van der Waals surface area contributed by atoms with E-state index in [0.29, 0.717) is 13.1 Å². The third-order valence-electron chi connectivity index (χ3n) is 4.57. The molecule has 0 aliphatic heterocycles. The molecule has 5 nitrogen and oxygen atoms in total. The van der Waals surface area contributed by atoms with Crippen molar-refractivity contribution >= 4 is 31.9 Å². The SMILES string of the molecule is C[C@H](NS(=O)(=O)c1ccc(Br)cc1)C(=O)N(Cc1ccccc1)Cc1ccccc1. The van der Waals surface area contributed by atoms with Gasteiger partial charge in [0.05, 0.1) is 10.9 Å². The molecule has 1 N–H and O–H groups in total. The van der Waals surface area contributed by atoms with Crippen molar-refractivity contribution in [1.29, 1.82) is 0 Å². The highest BCUT2D eigenvalue weighted by Gasteiger charge is 2.26. The molecule has 0 aliphatic rings. The summed E-state index contributed by atoms with van der Waals surface area (Å²) in [6, 6.07) is 24.7. The number of hydrogen-bond acceptors (Lipinski definition) is 3. The maximum absolute atomic E-state index is 13.2. The molecular formula is C23H23BrN2O3S. The van der Waals surface area contributed by atoms with Crippen molar-refractivity contribution in [2.75, 3.05) is 0 Å². The Morgan fingerprint density at radius 2 is 1.33 bits per heavy atom. The lowest BCUT2D eigenvalue weighted by Gasteiger charge is -2.26. The average molecular weight is 487 g/mol. The molecule has 0 spiro atoms. The Morgan fingerprint density at radius 3 is 1.80 bits per heavy atom. The minimum Gasteiger partial charge on any atom is -0.333 e. The number of nitrogens with one attached hydrogen (secondary N) is 1. The highest BCUT2D eigenvalue weighted by molar-refractivity contribution is 9.10. The molecule has 0 radical (unpaired) electrons. The number of nitrogens with zero attached hydrogens (tertiary/aromatic N) is 1. The molecule has 0 unspecified atom stereocenters. The number of carbonyl (C=O) groups is 1. The van der Waals surface area contributed by atoms with Gasteiger partial charge in [-0.3, -0.25) is 4.79 Å². The van der Waals surface area contributed by atoms with Crippen molar-refractivity contribution in [3.05, 3.63) is 101 Å². The first-order chi connectivity index (χ1) is 14.3. The maximum atomic E-state index is 13.2. The van der Waals surface area contributed by atoms with Crippen LogP contribution in [0.15, 0.2) is 94.3 Å². The molecular weight excluding hydrogens is 464 g/mol. The van der Waals surface area contributed by atoms with Gasteiger partial charge in [0.1, 0.15) is 0 Å². The predicted molar refractivity (Wildman–Crippen MR) is 121 cm³/mol. The lowest BCUT2D eigenvalue weighted by atomic mass is 10.1. The summed E-state index contributed by atoms with van der Waals surface area (Å²) in [4.78, 5) is 15.0. The largest absolute Gasteiger partial charge is 0.333 e. The Hall–Kier alpha value is -2.48. The van der Waals surface area contributed by atoms with Crippen molar-refractivity contribution in [2.24, 2.45) is 0 Å². The van der Waals surface area contributed by atoms with E-state index in [2.05, 4.69) is 20.7 Å². The lowest BCUT2D eigenvalue weighted by Crippen LogP contribution is -2.46. The number of halogens is 1. The van der Waals surface area contributed by atoms with Crippen LogP contribution in [0.5, 0.6) is 0 Å². The molecule has 0 bridgehead atoms. The summed E-state index contributed by atoms with van der Waals surface area (Å²) in [6.45, 7) is 2.35. The van der Waals surface area contributed by atoms with E-state index < -0.39 is 16.1 Å². The second kappa shape index (κ2) is 10.0. The zero-order chi connectivity index (χ0) is 21.6. The van der Waals surface area contributed by atoms with Crippen molar-refractivity contribution in [2.45, 2.75) is 31.0 Å². The van der Waals surface area contributed by atoms with Crippen LogP contribution in [0.2, 0.25) is 0 Å². The van der Waals surface area contributed by atoms with Gasteiger partial charge in [-0.1, -0.05) is 76.6 Å². The second-order valence-corrected chi connectivity index (χ2v) is 9.59. The Labute approximate surface area is 185 Å². The summed E-state index contributed by atoms with van der Waals surface area (Å²) < 4.78 is 28.7. The van der Waals surface area contributed by atoms with Gasteiger partial charge in [-0.05, 0) is 42.3 Å². The molecule has 0 saturated carbocycles. The van der Waals surface area contributed by atoms with Gasteiger partial charge in [-0.2, -0.15) is 4.72 Å². The van der Waals surface area contributed by atoms with Crippen molar-refractivity contribution in [3.8, 4) is 0 Å². The maximum Gasteiger partial charge on any atom is 0.241 e. The van der Waals surface area contributed by atoms with Gasteiger partial charge in [-0.15, -0.1) is 0 Å². The molecule has 7 heteroatoms. The summed E-state index contributed by atoms with van der Waals surface area (Å²) in [7, 11) is -3.82. The van der Waals surface area contributed by atoms with E-state index in [4.69, 9.17) is 0 Å². The first-order valence-electron chi connectivity index (χ1n) is 9.50. The number of benzene rings is 3. The fraction of sp³-hybridized carbons (Fsp3) is 0.174. The molecule has 156 valence electrons. The van der Waals surface area contributed by atoms with Crippen molar-refractivity contribution in [1.82, 2.24) is 9.62 Å². The van der Waals surface area contributed by atoms with E-state index in [1.54, 1.807) is 24.0 Å². The van der Waals surface area contributed by atoms with Crippen LogP contribution >= 0.6 is 15.9 Å². The molecule has 3 aromatic carbocycles. The quantitative estimate of drug-likeness (QED) is 0.514. The Bertz CT molecular complexity index is 1030. The second-order valence-electron chi connectivity index (χ2n) is 6.96. The standard InChI is InChI=1S/C23H23BrN2O3S/c1-18(25-30(28,29)22-14-12-21(24)13-15-22)23(27)26(16-19-8-4-2-5-9-19)17-20-10-6-3-7-11-20/h2-15,18,25H,16-17H2,1H3/t18-/m0/s1. The molecule has 0 heterocycles. The third kappa shape index (κ3) is 6.01. The van der Waals surface area contributed by atoms with Gasteiger partial charge in [-0.25, -0.2) is 8.42 Å². The molecule has 0 aliphatic carbocycles. The minimum absolute atomic E-state index is 0.114. The van der Waals surface area contributed by atoms with E-state index in [1.165, 1.54) is 12.1 Å². The highest BCUT2D eigenvalue weighted by atomic mass is 79.9. The summed E-state index contributed by atoms with van der Waals surface area (Å²) in [6.07, 6.45) is 0. The van der Waals surface area contributed by atoms with Crippen LogP contribution in [0.25, 0.3) is 0 Å². The smallest absolute Gasteiger partial charge is 0.241 e. The molecule has 0 aromatic heterocycles. The summed E-state index contributed by atoms with van der Waals surface area (Å²) in [5.74, 6) is -0.289. The van der Waals surface area contributed by atoms with Crippen LogP contribution in [0, 0.1) is 0 Å². The number of hydrogen-bond donors (Lipinski definition) is 1. The number of carbonyl (C=O) groups excluding carboxylic acids is 1. The van der Waals surface area contributed by atoms with Crippen LogP contribution in [-0.2, 0) is 27.9 Å². The van der Waals surface area contributed by atoms with Crippen LogP contribution in [-0.4, -0.2) is 25.3 Å². The van der Waals surface area contributed by atoms with Crippen molar-refractivity contribution in [3.63, 3.8) is 0 Å². The fourth-order valence-corrected chi connectivity index (χ4v) is 4.52. The molecule has 3 aromatic rings. The summed E-state index contributed by atoms with van der Waals surface area (Å²) in [5.41, 5.74) is 1.95. The zero-order valence-electron chi connectivity index (χ0n) is 16.5. The predicted octanol–water partition coefficient (Wildman–Crippen LogP) is 4.34. The number of sulfonamides is 1. The Morgan fingerprint density at radius 1 is 0.867 bits per heavy atom. The molecule has 0 fully saturated rings. The number of rotatable bonds is 8. The van der Waals surface area contributed by atoms with Crippen molar-refractivity contribution < 1.29 is 13.2 Å². The monoisotopic (exact) mass is 486 g/mol. The lowest BCUT2D eigenvalue weighted by molar-refractivity contribution is -0.133.